The van der Waals surface area contributed by atoms with Crippen LogP contribution in [0.1, 0.15) is 32.4 Å². The van der Waals surface area contributed by atoms with Gasteiger partial charge in [-0.05, 0) is 44.4 Å². The number of nitrogens with one attached hydrogen (secondary N) is 1. The zero-order chi connectivity index (χ0) is 22.1. The van der Waals surface area contributed by atoms with Crippen LogP contribution in [0.3, 0.4) is 0 Å². The molecular weight excluding hydrogens is 392 g/mol. The molecule has 0 unspecified atom stereocenters. The van der Waals surface area contributed by atoms with E-state index in [0.717, 1.165) is 83.3 Å². The van der Waals surface area contributed by atoms with Crippen LogP contribution >= 0.6 is 0 Å². The van der Waals surface area contributed by atoms with Crippen molar-refractivity contribution < 1.29 is 14.3 Å². The van der Waals surface area contributed by atoms with Crippen LogP contribution in [-0.4, -0.2) is 86.3 Å². The van der Waals surface area contributed by atoms with Crippen molar-refractivity contribution in [1.82, 2.24) is 20.1 Å². The Labute approximate surface area is 187 Å². The third kappa shape index (κ3) is 8.39. The van der Waals surface area contributed by atoms with E-state index in [1.807, 2.05) is 19.1 Å². The summed E-state index contributed by atoms with van der Waals surface area (Å²) < 4.78 is 11.4. The van der Waals surface area contributed by atoms with Gasteiger partial charge in [-0.25, -0.2) is 0 Å². The number of piperidine rings is 1. The van der Waals surface area contributed by atoms with E-state index in [2.05, 4.69) is 33.9 Å². The van der Waals surface area contributed by atoms with Crippen LogP contribution in [0, 0.1) is 24.7 Å². The highest BCUT2D eigenvalue weighted by molar-refractivity contribution is 5.79. The predicted octanol–water partition coefficient (Wildman–Crippen LogP) is 2.20. The highest BCUT2D eigenvalue weighted by atomic mass is 16.5. The summed E-state index contributed by atoms with van der Waals surface area (Å²) in [7, 11) is 0. The zero-order valence-corrected chi connectivity index (χ0v) is 19.5. The molecule has 3 rings (SSSR count). The van der Waals surface area contributed by atoms with E-state index < -0.39 is 0 Å². The number of rotatable bonds is 10. The van der Waals surface area contributed by atoms with Gasteiger partial charge in [-0.3, -0.25) is 14.7 Å². The number of aryl methyl sites for hydroxylation is 1. The molecule has 3 heterocycles. The van der Waals surface area contributed by atoms with Crippen molar-refractivity contribution in [2.24, 2.45) is 17.8 Å². The Hall–Kier alpha value is -1.70. The number of amides is 1. The van der Waals surface area contributed by atoms with Gasteiger partial charge < -0.3 is 19.7 Å². The Balaban J connectivity index is 1.46. The van der Waals surface area contributed by atoms with E-state index in [1.54, 1.807) is 6.20 Å². The highest BCUT2D eigenvalue weighted by Crippen LogP contribution is 2.24. The van der Waals surface area contributed by atoms with Gasteiger partial charge in [-0.15, -0.1) is 0 Å². The van der Waals surface area contributed by atoms with Crippen molar-refractivity contribution in [1.29, 1.82) is 0 Å². The lowest BCUT2D eigenvalue weighted by molar-refractivity contribution is -0.127. The van der Waals surface area contributed by atoms with Crippen molar-refractivity contribution in [2.45, 2.75) is 33.6 Å². The number of aromatic nitrogens is 1. The standard InChI is InChI=1S/C24H40N4O3/c1-19(2)15-28-16-21(18-31-23-6-5-20(3)26-14-23)13-22(17-28)24(29)25-7-4-8-27-9-11-30-12-10-27/h5-6,14,19,21-22H,4,7-13,15-18H2,1-3H3,(H,25,29)/t21-,22+/m0/s1. The summed E-state index contributed by atoms with van der Waals surface area (Å²) in [5, 5.41) is 3.19. The first kappa shape index (κ1) is 24.0. The molecule has 2 aliphatic heterocycles. The molecule has 1 N–H and O–H groups in total. The maximum atomic E-state index is 12.9. The van der Waals surface area contributed by atoms with Gasteiger partial charge in [-0.2, -0.15) is 0 Å². The molecule has 1 amide bonds. The number of morpholine rings is 1. The molecule has 2 aliphatic rings. The summed E-state index contributed by atoms with van der Waals surface area (Å²) >= 11 is 0. The number of carbonyl (C=O) groups is 1. The quantitative estimate of drug-likeness (QED) is 0.572. The molecular formula is C24H40N4O3. The summed E-state index contributed by atoms with van der Waals surface area (Å²) in [6, 6.07) is 3.93. The average molecular weight is 433 g/mol. The van der Waals surface area contributed by atoms with Gasteiger partial charge in [-0.1, -0.05) is 13.8 Å². The maximum Gasteiger partial charge on any atom is 0.224 e. The van der Waals surface area contributed by atoms with Gasteiger partial charge in [0.2, 0.25) is 5.91 Å². The molecule has 0 aliphatic carbocycles. The fourth-order valence-electron chi connectivity index (χ4n) is 4.52. The van der Waals surface area contributed by atoms with Crippen molar-refractivity contribution >= 4 is 5.91 Å². The van der Waals surface area contributed by atoms with Crippen molar-refractivity contribution in [3.05, 3.63) is 24.0 Å². The van der Waals surface area contributed by atoms with Crippen LogP contribution in [0.4, 0.5) is 0 Å². The summed E-state index contributed by atoms with van der Waals surface area (Å²) in [5.74, 6) is 1.95. The third-order valence-electron chi connectivity index (χ3n) is 6.03. The Kier molecular flexibility index (Phi) is 9.55. The lowest BCUT2D eigenvalue weighted by Gasteiger charge is -2.38. The summed E-state index contributed by atoms with van der Waals surface area (Å²) in [6.07, 6.45) is 3.65. The number of carbonyl (C=O) groups excluding carboxylic acids is 1. The van der Waals surface area contributed by atoms with Crippen molar-refractivity contribution in [2.75, 3.05) is 65.6 Å². The summed E-state index contributed by atoms with van der Waals surface area (Å²) in [5.41, 5.74) is 0.985. The Morgan fingerprint density at radius 2 is 2.06 bits per heavy atom. The second-order valence-electron chi connectivity index (χ2n) is 9.46. The Morgan fingerprint density at radius 1 is 1.26 bits per heavy atom. The largest absolute Gasteiger partial charge is 0.492 e. The van der Waals surface area contributed by atoms with Crippen LogP contribution in [-0.2, 0) is 9.53 Å². The molecule has 0 spiro atoms. The van der Waals surface area contributed by atoms with E-state index in [0.29, 0.717) is 18.4 Å². The number of ether oxygens (including phenoxy) is 2. The van der Waals surface area contributed by atoms with Crippen LogP contribution in [0.25, 0.3) is 0 Å². The highest BCUT2D eigenvalue weighted by Gasteiger charge is 2.32. The minimum atomic E-state index is 0.0284. The van der Waals surface area contributed by atoms with Crippen molar-refractivity contribution in [3.63, 3.8) is 0 Å². The molecule has 174 valence electrons. The third-order valence-corrected chi connectivity index (χ3v) is 6.03. The SMILES string of the molecule is Cc1ccc(OC[C@H]2C[C@@H](C(=O)NCCCN3CCOCC3)CN(CC(C)C)C2)cn1. The predicted molar refractivity (Wildman–Crippen MR) is 122 cm³/mol. The lowest BCUT2D eigenvalue weighted by atomic mass is 9.88. The van der Waals surface area contributed by atoms with Crippen LogP contribution in [0.15, 0.2) is 18.3 Å². The average Bonchev–Trinajstić information content (AvgIpc) is 2.76. The molecule has 31 heavy (non-hydrogen) atoms. The van der Waals surface area contributed by atoms with Gasteiger partial charge in [0, 0.05) is 50.9 Å². The molecule has 0 saturated carbocycles. The molecule has 2 atom stereocenters. The van der Waals surface area contributed by atoms with Gasteiger partial charge in [0.05, 0.1) is 31.9 Å². The van der Waals surface area contributed by atoms with Crippen molar-refractivity contribution in [3.8, 4) is 5.75 Å². The molecule has 2 saturated heterocycles. The van der Waals surface area contributed by atoms with Crippen LogP contribution in [0.5, 0.6) is 5.75 Å². The molecule has 0 bridgehead atoms. The van der Waals surface area contributed by atoms with Gasteiger partial charge in [0.15, 0.2) is 0 Å². The van der Waals surface area contributed by atoms with E-state index in [4.69, 9.17) is 9.47 Å². The topological polar surface area (TPSA) is 66.9 Å². The first-order valence-electron chi connectivity index (χ1n) is 11.8. The number of likely N-dealkylation sites (tertiary alicyclic amines) is 1. The zero-order valence-electron chi connectivity index (χ0n) is 19.5. The normalized spacial score (nSPS) is 23.1. The summed E-state index contributed by atoms with van der Waals surface area (Å²) in [6.45, 7) is 15.3. The number of hydrogen-bond acceptors (Lipinski definition) is 6. The first-order valence-corrected chi connectivity index (χ1v) is 11.8. The van der Waals surface area contributed by atoms with Gasteiger partial charge >= 0.3 is 0 Å². The molecule has 7 heteroatoms. The first-order chi connectivity index (χ1) is 15.0. The fourth-order valence-corrected chi connectivity index (χ4v) is 4.52. The van der Waals surface area contributed by atoms with E-state index in [1.165, 1.54) is 0 Å². The Morgan fingerprint density at radius 3 is 2.77 bits per heavy atom. The number of pyridine rings is 1. The second kappa shape index (κ2) is 12.4. The molecule has 7 nitrogen and oxygen atoms in total. The molecule has 1 aromatic heterocycles. The number of hydrogen-bond donors (Lipinski definition) is 1. The Bertz CT molecular complexity index is 661. The van der Waals surface area contributed by atoms with Crippen LogP contribution in [0.2, 0.25) is 0 Å². The minimum absolute atomic E-state index is 0.0284. The number of nitrogens with zero attached hydrogens (tertiary/aromatic N) is 3. The van der Waals surface area contributed by atoms with Gasteiger partial charge in [0.1, 0.15) is 5.75 Å². The minimum Gasteiger partial charge on any atom is -0.492 e. The van der Waals surface area contributed by atoms with Gasteiger partial charge in [0.25, 0.3) is 0 Å². The monoisotopic (exact) mass is 432 g/mol. The summed E-state index contributed by atoms with van der Waals surface area (Å²) in [4.78, 5) is 22.1. The van der Waals surface area contributed by atoms with E-state index >= 15 is 0 Å². The smallest absolute Gasteiger partial charge is 0.224 e. The lowest BCUT2D eigenvalue weighted by Crippen LogP contribution is -2.48. The molecule has 0 radical (unpaired) electrons. The molecule has 1 aromatic rings. The van der Waals surface area contributed by atoms with Crippen LogP contribution < -0.4 is 10.1 Å². The second-order valence-corrected chi connectivity index (χ2v) is 9.46. The van der Waals surface area contributed by atoms with E-state index in [-0.39, 0.29) is 11.8 Å². The fraction of sp³-hybridized carbons (Fsp3) is 0.750. The maximum absolute atomic E-state index is 12.9. The molecule has 0 aromatic carbocycles. The molecule has 2 fully saturated rings. The van der Waals surface area contributed by atoms with E-state index in [9.17, 15) is 4.79 Å².